The minimum Gasteiger partial charge on any atom is -0.300 e. The van der Waals surface area contributed by atoms with Gasteiger partial charge in [0.15, 0.2) is 0 Å². The number of hydrogen-bond acceptors (Lipinski definition) is 2. The molecule has 1 aliphatic rings. The second-order valence-corrected chi connectivity index (χ2v) is 14.8. The normalized spacial score (nSPS) is 19.5. The molecular formula is C23H36O2Si. The highest BCUT2D eigenvalue weighted by Crippen LogP contribution is 2.34. The number of hydrogen-bond donors (Lipinski definition) is 0. The topological polar surface area (TPSA) is 34.1 Å². The third kappa shape index (κ3) is 6.50. The lowest BCUT2D eigenvalue weighted by Crippen LogP contribution is -2.28. The lowest BCUT2D eigenvalue weighted by molar-refractivity contribution is -0.120. The Morgan fingerprint density at radius 3 is 2.35 bits per heavy atom. The number of benzene rings is 1. The standard InChI is InChI=1S/C23H36O2Si/c1-18(24)15-16-20-19-11-8-6-5-7-9-14-23(25)22(17-26(2,3)4)21(20)13-10-12-19/h10,12-13,22H,5-9,11,14-17H2,1-4H3/t22-/m0/s1. The van der Waals surface area contributed by atoms with Crippen LogP contribution in [-0.2, 0) is 22.4 Å². The van der Waals surface area contributed by atoms with E-state index < -0.39 is 8.07 Å². The molecule has 0 unspecified atom stereocenters. The lowest BCUT2D eigenvalue weighted by Gasteiger charge is -2.27. The monoisotopic (exact) mass is 372 g/mol. The van der Waals surface area contributed by atoms with Crippen LogP contribution < -0.4 is 0 Å². The van der Waals surface area contributed by atoms with Gasteiger partial charge >= 0.3 is 0 Å². The largest absolute Gasteiger partial charge is 0.300 e. The minimum absolute atomic E-state index is 0.0306. The van der Waals surface area contributed by atoms with Crippen LogP contribution in [0.25, 0.3) is 0 Å². The summed E-state index contributed by atoms with van der Waals surface area (Å²) >= 11 is 0. The van der Waals surface area contributed by atoms with Crippen LogP contribution in [0.3, 0.4) is 0 Å². The first-order valence-electron chi connectivity index (χ1n) is 10.4. The lowest BCUT2D eigenvalue weighted by atomic mass is 9.84. The molecule has 0 fully saturated rings. The van der Waals surface area contributed by atoms with E-state index in [1.807, 2.05) is 0 Å². The molecule has 2 nitrogen and oxygen atoms in total. The van der Waals surface area contributed by atoms with Crippen LogP contribution >= 0.6 is 0 Å². The maximum Gasteiger partial charge on any atom is 0.140 e. The third-order valence-electron chi connectivity index (χ3n) is 5.49. The number of ketones is 2. The van der Waals surface area contributed by atoms with Crippen LogP contribution in [0.15, 0.2) is 18.2 Å². The van der Waals surface area contributed by atoms with E-state index in [2.05, 4.69) is 37.8 Å². The first-order valence-corrected chi connectivity index (χ1v) is 14.1. The van der Waals surface area contributed by atoms with Gasteiger partial charge in [-0.1, -0.05) is 57.1 Å². The van der Waals surface area contributed by atoms with Crippen molar-refractivity contribution in [3.8, 4) is 0 Å². The fraction of sp³-hybridized carbons (Fsp3) is 0.652. The fourth-order valence-electron chi connectivity index (χ4n) is 4.15. The van der Waals surface area contributed by atoms with E-state index in [9.17, 15) is 9.59 Å². The summed E-state index contributed by atoms with van der Waals surface area (Å²) in [7, 11) is -1.38. The van der Waals surface area contributed by atoms with Crippen LogP contribution in [0.5, 0.6) is 0 Å². The second kappa shape index (κ2) is 9.64. The highest BCUT2D eigenvalue weighted by Gasteiger charge is 2.29. The quantitative estimate of drug-likeness (QED) is 0.586. The van der Waals surface area contributed by atoms with Gasteiger partial charge in [-0.25, -0.2) is 0 Å². The summed E-state index contributed by atoms with van der Waals surface area (Å²) in [6.07, 6.45) is 9.05. The van der Waals surface area contributed by atoms with Gasteiger partial charge in [-0.05, 0) is 55.3 Å². The maximum absolute atomic E-state index is 13.2. The van der Waals surface area contributed by atoms with E-state index in [1.165, 1.54) is 42.4 Å². The molecule has 0 aliphatic heterocycles. The van der Waals surface area contributed by atoms with E-state index in [0.717, 1.165) is 25.3 Å². The SMILES string of the molecule is CC(=O)CCc1c2cccc1[C@H](C[Si](C)(C)C)C(=O)CCCCCCC2. The molecule has 0 radical (unpaired) electrons. The van der Waals surface area contributed by atoms with Gasteiger partial charge in [0, 0.05) is 26.8 Å². The molecule has 0 saturated heterocycles. The first kappa shape index (κ1) is 21.1. The van der Waals surface area contributed by atoms with Crippen molar-refractivity contribution in [3.63, 3.8) is 0 Å². The van der Waals surface area contributed by atoms with E-state index in [1.54, 1.807) is 6.92 Å². The summed E-state index contributed by atoms with van der Waals surface area (Å²) in [5, 5.41) is 0. The molecule has 144 valence electrons. The molecule has 2 bridgehead atoms. The molecule has 2 rings (SSSR count). The van der Waals surface area contributed by atoms with Crippen LogP contribution in [0.2, 0.25) is 25.7 Å². The smallest absolute Gasteiger partial charge is 0.140 e. The Labute approximate surface area is 160 Å². The van der Waals surface area contributed by atoms with Gasteiger partial charge in [0.25, 0.3) is 0 Å². The molecule has 0 aromatic heterocycles. The zero-order valence-electron chi connectivity index (χ0n) is 17.2. The molecule has 1 aliphatic carbocycles. The van der Waals surface area contributed by atoms with E-state index in [4.69, 9.17) is 0 Å². The fourth-order valence-corrected chi connectivity index (χ4v) is 5.82. The summed E-state index contributed by atoms with van der Waals surface area (Å²) in [6, 6.07) is 7.55. The highest BCUT2D eigenvalue weighted by molar-refractivity contribution is 6.76. The predicted molar refractivity (Wildman–Crippen MR) is 113 cm³/mol. The molecule has 1 aromatic rings. The summed E-state index contributed by atoms with van der Waals surface area (Å²) < 4.78 is 0. The van der Waals surface area contributed by atoms with E-state index in [-0.39, 0.29) is 11.7 Å². The molecule has 0 heterocycles. The van der Waals surface area contributed by atoms with E-state index >= 15 is 0 Å². The Kier molecular flexibility index (Phi) is 7.81. The van der Waals surface area contributed by atoms with Crippen LogP contribution in [0.4, 0.5) is 0 Å². The summed E-state index contributed by atoms with van der Waals surface area (Å²) in [6.45, 7) is 8.74. The molecule has 3 heteroatoms. The average Bonchev–Trinajstić information content (AvgIpc) is 2.55. The molecule has 1 aromatic carbocycles. The number of fused-ring (bicyclic) bond motifs is 2. The summed E-state index contributed by atoms with van der Waals surface area (Å²) in [5.41, 5.74) is 3.91. The van der Waals surface area contributed by atoms with E-state index in [0.29, 0.717) is 18.6 Å². The Hall–Kier alpha value is -1.22. The minimum atomic E-state index is -1.38. The Morgan fingerprint density at radius 2 is 1.69 bits per heavy atom. The van der Waals surface area contributed by atoms with Crippen molar-refractivity contribution < 1.29 is 9.59 Å². The Morgan fingerprint density at radius 1 is 1.04 bits per heavy atom. The highest BCUT2D eigenvalue weighted by atomic mass is 28.3. The zero-order valence-corrected chi connectivity index (χ0v) is 18.2. The van der Waals surface area contributed by atoms with Gasteiger partial charge in [0.05, 0.1) is 0 Å². The van der Waals surface area contributed by atoms with Gasteiger partial charge in [0.2, 0.25) is 0 Å². The molecule has 0 N–H and O–H groups in total. The molecule has 0 amide bonds. The Bertz CT molecular complexity index is 628. The van der Waals surface area contributed by atoms with Crippen LogP contribution in [0.1, 0.15) is 74.5 Å². The van der Waals surface area contributed by atoms with Gasteiger partial charge in [-0.2, -0.15) is 0 Å². The van der Waals surface area contributed by atoms with Gasteiger partial charge in [-0.15, -0.1) is 0 Å². The van der Waals surface area contributed by atoms with Gasteiger partial charge in [-0.3, -0.25) is 4.79 Å². The second-order valence-electron chi connectivity index (χ2n) is 9.24. The van der Waals surface area contributed by atoms with Gasteiger partial charge < -0.3 is 4.79 Å². The van der Waals surface area contributed by atoms with Crippen molar-refractivity contribution in [2.45, 2.75) is 96.3 Å². The van der Waals surface area contributed by atoms with Crippen molar-refractivity contribution >= 4 is 19.6 Å². The van der Waals surface area contributed by atoms with Crippen molar-refractivity contribution in [1.29, 1.82) is 0 Å². The van der Waals surface area contributed by atoms with Crippen molar-refractivity contribution in [2.75, 3.05) is 0 Å². The number of aryl methyl sites for hydroxylation is 1. The number of rotatable bonds is 5. The number of Topliss-reactive ketones (excluding diaryl/α,β-unsaturated/α-hetero) is 2. The molecule has 1 atom stereocenters. The molecule has 0 saturated carbocycles. The average molecular weight is 373 g/mol. The van der Waals surface area contributed by atoms with Crippen molar-refractivity contribution in [1.82, 2.24) is 0 Å². The zero-order chi connectivity index (χ0) is 19.2. The van der Waals surface area contributed by atoms with Crippen LogP contribution in [-0.4, -0.2) is 19.6 Å². The molecule has 26 heavy (non-hydrogen) atoms. The van der Waals surface area contributed by atoms with Crippen LogP contribution in [0, 0.1) is 0 Å². The predicted octanol–water partition coefficient (Wildman–Crippen LogP) is 6.10. The van der Waals surface area contributed by atoms with Crippen molar-refractivity contribution in [3.05, 3.63) is 34.9 Å². The summed E-state index contributed by atoms with van der Waals surface area (Å²) in [4.78, 5) is 24.8. The number of carbonyl (C=O) groups is 2. The Balaban J connectivity index is 2.47. The summed E-state index contributed by atoms with van der Waals surface area (Å²) in [5.74, 6) is 0.692. The van der Waals surface area contributed by atoms with Crippen molar-refractivity contribution in [2.24, 2.45) is 0 Å². The third-order valence-corrected chi connectivity index (χ3v) is 7.12. The first-order chi connectivity index (χ1) is 12.3. The van der Waals surface area contributed by atoms with Gasteiger partial charge in [0.1, 0.15) is 11.6 Å². The maximum atomic E-state index is 13.2. The molecular weight excluding hydrogens is 336 g/mol. The molecule has 0 spiro atoms. The number of carbonyl (C=O) groups excluding carboxylic acids is 2.